The lowest BCUT2D eigenvalue weighted by atomic mass is 10.1. The van der Waals surface area contributed by atoms with Crippen molar-refractivity contribution in [2.24, 2.45) is 0 Å². The Labute approximate surface area is 202 Å². The first kappa shape index (κ1) is 25.5. The Kier molecular flexibility index (Phi) is 6.89. The third-order valence-electron chi connectivity index (χ3n) is 6.67. The van der Waals surface area contributed by atoms with Gasteiger partial charge in [-0.3, -0.25) is 14.5 Å². The van der Waals surface area contributed by atoms with Crippen LogP contribution in [-0.4, -0.2) is 102 Å². The number of carbonyl (C=O) groups is 2. The number of alkyl halides is 3. The van der Waals surface area contributed by atoms with Crippen molar-refractivity contribution in [3.8, 4) is 0 Å². The normalized spacial score (nSPS) is 19.5. The minimum absolute atomic E-state index is 0.0687. The molecule has 8 nitrogen and oxygen atoms in total. The molecule has 0 bridgehead atoms. The molecular formula is C23H29F3N4O4S. The van der Waals surface area contributed by atoms with Gasteiger partial charge < -0.3 is 14.4 Å². The molecule has 4 rings (SSSR count). The van der Waals surface area contributed by atoms with Gasteiger partial charge in [0.25, 0.3) is 11.8 Å². The molecule has 2 aromatic rings. The fourth-order valence-electron chi connectivity index (χ4n) is 4.63. The molecule has 3 heterocycles. The number of benzene rings is 1. The van der Waals surface area contributed by atoms with Crippen LogP contribution in [0.3, 0.4) is 0 Å². The van der Waals surface area contributed by atoms with Crippen LogP contribution in [0.4, 0.5) is 13.2 Å². The lowest BCUT2D eigenvalue weighted by Gasteiger charge is -2.37. The van der Waals surface area contributed by atoms with Gasteiger partial charge in [0.2, 0.25) is 0 Å². The van der Waals surface area contributed by atoms with Gasteiger partial charge >= 0.3 is 6.18 Å². The first-order chi connectivity index (χ1) is 16.3. The Balaban J connectivity index is 1.63. The van der Waals surface area contributed by atoms with Crippen LogP contribution in [-0.2, 0) is 16.4 Å². The summed E-state index contributed by atoms with van der Waals surface area (Å²) in [5.74, 6) is -1.30. The maximum absolute atomic E-state index is 13.4. The summed E-state index contributed by atoms with van der Waals surface area (Å²) in [7, 11) is -3.26. The van der Waals surface area contributed by atoms with E-state index < -0.39 is 28.5 Å². The third-order valence-corrected chi connectivity index (χ3v) is 8.28. The van der Waals surface area contributed by atoms with Crippen molar-refractivity contribution in [2.45, 2.75) is 32.6 Å². The van der Waals surface area contributed by atoms with E-state index in [0.717, 1.165) is 17.7 Å². The molecule has 2 aliphatic rings. The van der Waals surface area contributed by atoms with Gasteiger partial charge in [0.1, 0.15) is 12.2 Å². The number of sulfone groups is 1. The van der Waals surface area contributed by atoms with Gasteiger partial charge in [-0.15, -0.1) is 0 Å². The van der Waals surface area contributed by atoms with Crippen LogP contribution in [0.2, 0.25) is 0 Å². The predicted molar refractivity (Wildman–Crippen MR) is 125 cm³/mol. The van der Waals surface area contributed by atoms with E-state index in [0.29, 0.717) is 30.1 Å². The molecule has 0 N–H and O–H groups in total. The Morgan fingerprint density at radius 2 is 1.51 bits per heavy atom. The molecule has 2 saturated heterocycles. The fraction of sp³-hybridized carbons (Fsp3) is 0.565. The van der Waals surface area contributed by atoms with E-state index >= 15 is 0 Å². The average Bonchev–Trinajstić information content (AvgIpc) is 3.14. The highest BCUT2D eigenvalue weighted by Crippen LogP contribution is 2.28. The number of hydrogen-bond acceptors (Lipinski definition) is 5. The summed E-state index contributed by atoms with van der Waals surface area (Å²) in [5.41, 5.74) is 0.367. The van der Waals surface area contributed by atoms with Gasteiger partial charge in [0, 0.05) is 61.8 Å². The molecule has 1 aromatic carbocycles. The van der Waals surface area contributed by atoms with Crippen molar-refractivity contribution >= 4 is 32.6 Å². The van der Waals surface area contributed by atoms with Crippen molar-refractivity contribution in [1.82, 2.24) is 19.3 Å². The summed E-state index contributed by atoms with van der Waals surface area (Å²) in [6.07, 6.45) is -4.57. The molecule has 0 unspecified atom stereocenters. The zero-order valence-electron chi connectivity index (χ0n) is 19.7. The Morgan fingerprint density at radius 3 is 2.09 bits per heavy atom. The first-order valence-electron chi connectivity index (χ1n) is 11.6. The number of amides is 2. The topological polar surface area (TPSA) is 82.9 Å². The van der Waals surface area contributed by atoms with Crippen LogP contribution in [0.15, 0.2) is 24.3 Å². The van der Waals surface area contributed by atoms with Crippen molar-refractivity contribution in [1.29, 1.82) is 0 Å². The smallest absolute Gasteiger partial charge is 0.336 e. The lowest BCUT2D eigenvalue weighted by Crippen LogP contribution is -2.50. The maximum atomic E-state index is 13.4. The summed E-state index contributed by atoms with van der Waals surface area (Å²) in [5, 5.41) is 0.355. The summed E-state index contributed by atoms with van der Waals surface area (Å²) >= 11 is 0. The molecule has 0 radical (unpaired) electrons. The van der Waals surface area contributed by atoms with E-state index in [4.69, 9.17) is 0 Å². The van der Waals surface area contributed by atoms with E-state index in [1.807, 2.05) is 0 Å². The maximum Gasteiger partial charge on any atom is 0.406 e. The summed E-state index contributed by atoms with van der Waals surface area (Å²) in [4.78, 5) is 31.4. The van der Waals surface area contributed by atoms with E-state index in [1.54, 1.807) is 4.90 Å². The molecular weight excluding hydrogens is 485 g/mol. The Bertz CT molecular complexity index is 1220. The molecule has 0 aliphatic carbocycles. The monoisotopic (exact) mass is 514 g/mol. The van der Waals surface area contributed by atoms with Crippen LogP contribution in [0, 0.1) is 0 Å². The van der Waals surface area contributed by atoms with Gasteiger partial charge in [0.15, 0.2) is 9.84 Å². The second-order valence-corrected chi connectivity index (χ2v) is 11.7. The molecule has 0 spiro atoms. The average molecular weight is 515 g/mol. The van der Waals surface area contributed by atoms with E-state index in [9.17, 15) is 31.2 Å². The number of fused-ring (bicyclic) bond motifs is 1. The predicted octanol–water partition coefficient (Wildman–Crippen LogP) is 2.24. The first-order valence-corrected chi connectivity index (χ1v) is 13.4. The fourth-order valence-corrected chi connectivity index (χ4v) is 5.83. The minimum atomic E-state index is -4.57. The lowest BCUT2D eigenvalue weighted by molar-refractivity contribution is -0.140. The summed E-state index contributed by atoms with van der Waals surface area (Å²) < 4.78 is 64.5. The molecule has 1 aromatic heterocycles. The third kappa shape index (κ3) is 5.64. The standard InChI is InChI=1S/C23H29F3N4O4S/c1-16(2)27-5-7-28(8-6-27)21(31)17-3-4-19-18(13-17)14-20(30(19)15-23(24,25)26)22(32)29-9-11-35(33,34)12-10-29/h3-4,13-14,16H,5-12,15H2,1-2H3. The number of piperazine rings is 1. The van der Waals surface area contributed by atoms with Crippen molar-refractivity contribution < 1.29 is 31.2 Å². The number of halogens is 3. The molecule has 0 saturated carbocycles. The highest BCUT2D eigenvalue weighted by Gasteiger charge is 2.34. The second kappa shape index (κ2) is 9.45. The Morgan fingerprint density at radius 1 is 0.914 bits per heavy atom. The van der Waals surface area contributed by atoms with E-state index in [-0.39, 0.29) is 41.7 Å². The van der Waals surface area contributed by atoms with Gasteiger partial charge in [0.05, 0.1) is 11.5 Å². The van der Waals surface area contributed by atoms with Gasteiger partial charge in [-0.25, -0.2) is 8.42 Å². The SMILES string of the molecule is CC(C)N1CCN(C(=O)c2ccc3c(c2)cc(C(=O)N2CCS(=O)(=O)CC2)n3CC(F)(F)F)CC1. The van der Waals surface area contributed by atoms with Crippen LogP contribution in [0.1, 0.15) is 34.7 Å². The molecule has 2 amide bonds. The summed E-state index contributed by atoms with van der Waals surface area (Å²) in [6.45, 7) is 5.31. The number of aromatic nitrogens is 1. The number of hydrogen-bond donors (Lipinski definition) is 0. The highest BCUT2D eigenvalue weighted by atomic mass is 32.2. The van der Waals surface area contributed by atoms with E-state index in [1.165, 1.54) is 29.2 Å². The zero-order chi connectivity index (χ0) is 25.5. The van der Waals surface area contributed by atoms with Crippen LogP contribution < -0.4 is 0 Å². The van der Waals surface area contributed by atoms with Gasteiger partial charge in [-0.1, -0.05) is 0 Å². The number of rotatable bonds is 4. The summed E-state index contributed by atoms with van der Waals surface area (Å²) in [6, 6.07) is 6.20. The quantitative estimate of drug-likeness (QED) is 0.625. The zero-order valence-corrected chi connectivity index (χ0v) is 20.5. The molecule has 192 valence electrons. The molecule has 2 aliphatic heterocycles. The molecule has 35 heavy (non-hydrogen) atoms. The van der Waals surface area contributed by atoms with Crippen molar-refractivity contribution in [3.63, 3.8) is 0 Å². The van der Waals surface area contributed by atoms with Gasteiger partial charge in [-0.05, 0) is 38.1 Å². The number of nitrogens with zero attached hydrogens (tertiary/aromatic N) is 4. The highest BCUT2D eigenvalue weighted by molar-refractivity contribution is 7.91. The molecule has 12 heteroatoms. The largest absolute Gasteiger partial charge is 0.406 e. The van der Waals surface area contributed by atoms with Crippen LogP contribution >= 0.6 is 0 Å². The number of carbonyl (C=O) groups excluding carboxylic acids is 2. The van der Waals surface area contributed by atoms with Crippen molar-refractivity contribution in [3.05, 3.63) is 35.5 Å². The second-order valence-electron chi connectivity index (χ2n) is 9.37. The van der Waals surface area contributed by atoms with Crippen LogP contribution in [0.5, 0.6) is 0 Å². The Hall–Kier alpha value is -2.60. The van der Waals surface area contributed by atoms with Gasteiger partial charge in [-0.2, -0.15) is 13.2 Å². The van der Waals surface area contributed by atoms with E-state index in [2.05, 4.69) is 18.7 Å². The molecule has 0 atom stereocenters. The van der Waals surface area contributed by atoms with Crippen LogP contribution in [0.25, 0.3) is 10.9 Å². The van der Waals surface area contributed by atoms with Crippen molar-refractivity contribution in [2.75, 3.05) is 50.8 Å². The molecule has 2 fully saturated rings. The minimum Gasteiger partial charge on any atom is -0.336 e.